The summed E-state index contributed by atoms with van der Waals surface area (Å²) in [6.45, 7) is 3.46. The third kappa shape index (κ3) is 2.90. The van der Waals surface area contributed by atoms with Crippen molar-refractivity contribution in [2.75, 3.05) is 13.1 Å². The summed E-state index contributed by atoms with van der Waals surface area (Å²) in [5.74, 6) is 0.0308. The van der Waals surface area contributed by atoms with Crippen LogP contribution in [0.2, 0.25) is 0 Å². The molecule has 1 fully saturated rings. The summed E-state index contributed by atoms with van der Waals surface area (Å²) in [7, 11) is 0. The Morgan fingerprint density at radius 1 is 1.24 bits per heavy atom. The predicted octanol–water partition coefficient (Wildman–Crippen LogP) is 4.59. The van der Waals surface area contributed by atoms with Gasteiger partial charge < -0.3 is 9.73 Å². The van der Waals surface area contributed by atoms with Gasteiger partial charge in [-0.2, -0.15) is 13.2 Å². The molecule has 0 bridgehead atoms. The van der Waals surface area contributed by atoms with E-state index in [0.29, 0.717) is 17.6 Å². The maximum atomic E-state index is 13.3. The molecule has 6 heteroatoms. The smallest absolute Gasteiger partial charge is 0.416 e. The lowest BCUT2D eigenvalue weighted by molar-refractivity contribution is -0.138. The number of nitrogens with one attached hydrogen (secondary N) is 1. The van der Waals surface area contributed by atoms with Crippen molar-refractivity contribution in [3.63, 3.8) is 0 Å². The second kappa shape index (κ2) is 5.89. The fourth-order valence-electron chi connectivity index (χ4n) is 3.11. The highest BCUT2D eigenvalue weighted by atomic mass is 35.5. The largest absolute Gasteiger partial charge is 0.464 e. The van der Waals surface area contributed by atoms with Gasteiger partial charge in [0.05, 0.1) is 11.8 Å². The molecule has 1 aromatic carbocycles. The van der Waals surface area contributed by atoms with Crippen LogP contribution in [0.1, 0.15) is 30.4 Å². The van der Waals surface area contributed by atoms with E-state index in [-0.39, 0.29) is 24.2 Å². The fourth-order valence-corrected chi connectivity index (χ4v) is 3.11. The standard InChI is InChI=1S/C15H16F3NO.ClH/c1-9-8-19-6-4-11(9)13-12(15(16,17)18)3-2-10-5-7-20-14(10)13;/h2-3,5,7,9,11,19H,4,6,8H2,1H3;1H. The fraction of sp³-hybridized carbons (Fsp3) is 0.467. The third-order valence-corrected chi connectivity index (χ3v) is 4.12. The molecule has 2 aromatic rings. The van der Waals surface area contributed by atoms with Crippen LogP contribution in [0.4, 0.5) is 13.2 Å². The van der Waals surface area contributed by atoms with Crippen LogP contribution >= 0.6 is 12.4 Å². The average molecular weight is 320 g/mol. The van der Waals surface area contributed by atoms with Gasteiger partial charge in [0.25, 0.3) is 0 Å². The second-order valence-corrected chi connectivity index (χ2v) is 5.44. The summed E-state index contributed by atoms with van der Waals surface area (Å²) in [6, 6.07) is 4.38. The number of benzene rings is 1. The molecule has 0 aliphatic carbocycles. The quantitative estimate of drug-likeness (QED) is 0.832. The van der Waals surface area contributed by atoms with Crippen LogP contribution in [0.5, 0.6) is 0 Å². The van der Waals surface area contributed by atoms with E-state index in [9.17, 15) is 13.2 Å². The molecule has 1 saturated heterocycles. The van der Waals surface area contributed by atoms with Gasteiger partial charge >= 0.3 is 6.18 Å². The molecule has 2 nitrogen and oxygen atoms in total. The van der Waals surface area contributed by atoms with Crippen LogP contribution in [-0.4, -0.2) is 13.1 Å². The van der Waals surface area contributed by atoms with Gasteiger partial charge in [0.15, 0.2) is 0 Å². The van der Waals surface area contributed by atoms with Crippen LogP contribution in [0.3, 0.4) is 0 Å². The third-order valence-electron chi connectivity index (χ3n) is 4.12. The molecule has 0 radical (unpaired) electrons. The van der Waals surface area contributed by atoms with Crippen LogP contribution in [0.15, 0.2) is 28.9 Å². The molecule has 3 rings (SSSR count). The Balaban J connectivity index is 0.00000161. The normalized spacial score (nSPS) is 23.0. The molecule has 21 heavy (non-hydrogen) atoms. The van der Waals surface area contributed by atoms with E-state index in [1.54, 1.807) is 6.07 Å². The molecule has 1 aliphatic rings. The van der Waals surface area contributed by atoms with Gasteiger partial charge in [0.2, 0.25) is 0 Å². The van der Waals surface area contributed by atoms with E-state index in [2.05, 4.69) is 5.32 Å². The summed E-state index contributed by atoms with van der Waals surface area (Å²) in [5.41, 5.74) is 0.159. The maximum absolute atomic E-state index is 13.3. The van der Waals surface area contributed by atoms with Crippen molar-refractivity contribution >= 4 is 23.4 Å². The van der Waals surface area contributed by atoms with Crippen molar-refractivity contribution in [1.82, 2.24) is 5.32 Å². The predicted molar refractivity (Wildman–Crippen MR) is 77.9 cm³/mol. The second-order valence-electron chi connectivity index (χ2n) is 5.44. The first-order valence-electron chi connectivity index (χ1n) is 6.76. The molecule has 1 N–H and O–H groups in total. The molecular weight excluding hydrogens is 303 g/mol. The number of hydrogen-bond acceptors (Lipinski definition) is 2. The molecule has 2 atom stereocenters. The van der Waals surface area contributed by atoms with Gasteiger partial charge in [-0.1, -0.05) is 13.0 Å². The summed E-state index contributed by atoms with van der Waals surface area (Å²) < 4.78 is 45.3. The Kier molecular flexibility index (Phi) is 4.54. The first-order valence-corrected chi connectivity index (χ1v) is 6.76. The number of halogens is 4. The van der Waals surface area contributed by atoms with Gasteiger partial charge in [0.1, 0.15) is 5.58 Å². The molecule has 0 amide bonds. The van der Waals surface area contributed by atoms with Gasteiger partial charge in [-0.25, -0.2) is 0 Å². The van der Waals surface area contributed by atoms with Gasteiger partial charge in [-0.05, 0) is 43.5 Å². The Labute approximate surface area is 127 Å². The van der Waals surface area contributed by atoms with Crippen LogP contribution in [0, 0.1) is 5.92 Å². The number of fused-ring (bicyclic) bond motifs is 1. The van der Waals surface area contributed by atoms with E-state index >= 15 is 0 Å². The zero-order valence-electron chi connectivity index (χ0n) is 11.5. The Hall–Kier alpha value is -1.20. The summed E-state index contributed by atoms with van der Waals surface area (Å²) >= 11 is 0. The first-order chi connectivity index (χ1) is 9.48. The zero-order valence-corrected chi connectivity index (χ0v) is 12.4. The lowest BCUT2D eigenvalue weighted by atomic mass is 9.79. The molecule has 0 spiro atoms. The van der Waals surface area contributed by atoms with Crippen molar-refractivity contribution in [2.24, 2.45) is 5.92 Å². The van der Waals surface area contributed by atoms with Crippen molar-refractivity contribution in [1.29, 1.82) is 0 Å². The van der Waals surface area contributed by atoms with E-state index in [1.165, 1.54) is 18.4 Å². The molecule has 1 aromatic heterocycles. The maximum Gasteiger partial charge on any atom is 0.416 e. The molecule has 2 unspecified atom stereocenters. The van der Waals surface area contributed by atoms with Crippen LogP contribution < -0.4 is 5.32 Å². The highest BCUT2D eigenvalue weighted by Crippen LogP contribution is 2.43. The zero-order chi connectivity index (χ0) is 14.3. The van der Waals surface area contributed by atoms with Crippen LogP contribution in [0.25, 0.3) is 11.0 Å². The average Bonchev–Trinajstić information content (AvgIpc) is 2.85. The van der Waals surface area contributed by atoms with Gasteiger partial charge in [-0.3, -0.25) is 0 Å². The van der Waals surface area contributed by atoms with Crippen molar-refractivity contribution < 1.29 is 17.6 Å². The topological polar surface area (TPSA) is 25.2 Å². The number of rotatable bonds is 1. The summed E-state index contributed by atoms with van der Waals surface area (Å²) in [4.78, 5) is 0. The number of piperidine rings is 1. The highest BCUT2D eigenvalue weighted by molar-refractivity contribution is 5.85. The Morgan fingerprint density at radius 2 is 2.00 bits per heavy atom. The number of furan rings is 1. The lowest BCUT2D eigenvalue weighted by Gasteiger charge is -2.31. The van der Waals surface area contributed by atoms with Crippen molar-refractivity contribution in [3.05, 3.63) is 35.6 Å². The SMILES string of the molecule is CC1CNCCC1c1c(C(F)(F)F)ccc2ccoc12.Cl. The minimum atomic E-state index is -4.35. The molecular formula is C15H17ClF3NO. The molecule has 2 heterocycles. The minimum absolute atomic E-state index is 0. The number of hydrogen-bond donors (Lipinski definition) is 1. The van der Waals surface area contributed by atoms with E-state index in [4.69, 9.17) is 4.42 Å². The highest BCUT2D eigenvalue weighted by Gasteiger charge is 2.38. The van der Waals surface area contributed by atoms with Crippen molar-refractivity contribution in [2.45, 2.75) is 25.4 Å². The van der Waals surface area contributed by atoms with E-state index < -0.39 is 11.7 Å². The molecule has 1 aliphatic heterocycles. The van der Waals surface area contributed by atoms with Crippen LogP contribution in [-0.2, 0) is 6.18 Å². The molecule has 0 saturated carbocycles. The Morgan fingerprint density at radius 3 is 2.67 bits per heavy atom. The van der Waals surface area contributed by atoms with Gasteiger partial charge in [0, 0.05) is 10.9 Å². The van der Waals surface area contributed by atoms with Crippen molar-refractivity contribution in [3.8, 4) is 0 Å². The van der Waals surface area contributed by atoms with E-state index in [1.807, 2.05) is 6.92 Å². The summed E-state index contributed by atoms with van der Waals surface area (Å²) in [6.07, 6.45) is -2.19. The summed E-state index contributed by atoms with van der Waals surface area (Å²) in [5, 5.41) is 3.96. The lowest BCUT2D eigenvalue weighted by Crippen LogP contribution is -2.34. The molecule has 116 valence electrons. The minimum Gasteiger partial charge on any atom is -0.464 e. The monoisotopic (exact) mass is 319 g/mol. The Bertz CT molecular complexity index is 623. The first kappa shape index (κ1) is 16.2. The van der Waals surface area contributed by atoms with Gasteiger partial charge in [-0.15, -0.1) is 12.4 Å². The number of alkyl halides is 3. The van der Waals surface area contributed by atoms with E-state index in [0.717, 1.165) is 18.5 Å².